The van der Waals surface area contributed by atoms with E-state index in [9.17, 15) is 27.2 Å². The van der Waals surface area contributed by atoms with E-state index < -0.39 is 43.1 Å². The highest BCUT2D eigenvalue weighted by Crippen LogP contribution is 2.40. The highest BCUT2D eigenvalue weighted by molar-refractivity contribution is 6.31. The van der Waals surface area contributed by atoms with E-state index in [0.29, 0.717) is 4.90 Å². The van der Waals surface area contributed by atoms with Crippen molar-refractivity contribution in [3.05, 3.63) is 23.2 Å². The lowest BCUT2D eigenvalue weighted by atomic mass is 9.94. The Morgan fingerprint density at radius 3 is 2.38 bits per heavy atom. The molecule has 1 heterocycles. The lowest BCUT2D eigenvalue weighted by Gasteiger charge is -2.31. The molecule has 9 heteroatoms. The van der Waals surface area contributed by atoms with E-state index in [1.165, 1.54) is 12.1 Å². The minimum Gasteiger partial charge on any atom is -0.447 e. The third-order valence-electron chi connectivity index (χ3n) is 3.33. The van der Waals surface area contributed by atoms with Crippen LogP contribution >= 0.6 is 11.6 Å². The molecule has 0 radical (unpaired) electrons. The topological polar surface area (TPSA) is 46.6 Å². The van der Waals surface area contributed by atoms with E-state index in [4.69, 9.17) is 22.8 Å². The largest absolute Gasteiger partial charge is 0.447 e. The van der Waals surface area contributed by atoms with Gasteiger partial charge in [-0.3, -0.25) is 9.59 Å². The molecule has 24 heavy (non-hydrogen) atoms. The number of benzene rings is 1. The van der Waals surface area contributed by atoms with Crippen molar-refractivity contribution in [2.45, 2.75) is 25.4 Å². The van der Waals surface area contributed by atoms with Gasteiger partial charge in [0.05, 0.1) is 11.6 Å². The first-order valence-electron chi connectivity index (χ1n) is 6.62. The van der Waals surface area contributed by atoms with Gasteiger partial charge in [0.25, 0.3) is 0 Å². The van der Waals surface area contributed by atoms with Gasteiger partial charge in [0, 0.05) is 23.9 Å². The summed E-state index contributed by atoms with van der Waals surface area (Å²) in [6, 6.07) is 3.56. The number of piperidine rings is 1. The summed E-state index contributed by atoms with van der Waals surface area (Å²) in [6.45, 7) is 0. The lowest BCUT2D eigenvalue weighted by molar-refractivity contribution is -0.185. The van der Waals surface area contributed by atoms with Crippen LogP contribution in [-0.2, 0) is 9.59 Å². The maximum Gasteiger partial charge on any atom is 0.392 e. The van der Waals surface area contributed by atoms with E-state index in [1.54, 1.807) is 5.92 Å². The predicted molar refractivity (Wildman–Crippen MR) is 77.1 cm³/mol. The van der Waals surface area contributed by atoms with Gasteiger partial charge in [-0.1, -0.05) is 11.6 Å². The molecule has 2 amide bonds. The Morgan fingerprint density at radius 1 is 1.29 bits per heavy atom. The van der Waals surface area contributed by atoms with Gasteiger partial charge >= 0.3 is 12.5 Å². The molecule has 1 saturated heterocycles. The Labute approximate surface area is 139 Å². The molecule has 1 aromatic rings. The number of carbonyl (C=O) groups excluding carboxylic acids is 2. The summed E-state index contributed by atoms with van der Waals surface area (Å²) in [5.41, 5.74) is -0.215. The Morgan fingerprint density at radius 2 is 1.88 bits per heavy atom. The van der Waals surface area contributed by atoms with E-state index >= 15 is 0 Å². The number of imide groups is 1. The average Bonchev–Trinajstić information content (AvgIpc) is 2.47. The Bertz CT molecular complexity index is 696. The second-order valence-electron chi connectivity index (χ2n) is 4.98. The van der Waals surface area contributed by atoms with Crippen LogP contribution in [0.25, 0.3) is 0 Å². The highest BCUT2D eigenvalue weighted by Gasteiger charge is 2.48. The maximum absolute atomic E-state index is 13.3. The van der Waals surface area contributed by atoms with Crippen molar-refractivity contribution in [1.82, 2.24) is 0 Å². The summed E-state index contributed by atoms with van der Waals surface area (Å²) in [7, 11) is 0. The molecule has 0 spiro atoms. The molecule has 0 saturated carbocycles. The lowest BCUT2D eigenvalue weighted by Crippen LogP contribution is -2.47. The third-order valence-corrected chi connectivity index (χ3v) is 3.56. The maximum atomic E-state index is 13.3. The van der Waals surface area contributed by atoms with Crippen molar-refractivity contribution in [1.29, 1.82) is 0 Å². The molecule has 1 aliphatic heterocycles. The molecule has 128 valence electrons. The molecule has 4 nitrogen and oxygen atoms in total. The second-order valence-corrected chi connectivity index (χ2v) is 5.42. The van der Waals surface area contributed by atoms with E-state index in [-0.39, 0.29) is 16.5 Å². The van der Waals surface area contributed by atoms with Gasteiger partial charge < -0.3 is 4.74 Å². The number of halogens is 5. The highest BCUT2D eigenvalue weighted by atomic mass is 35.5. The first kappa shape index (κ1) is 18.1. The van der Waals surface area contributed by atoms with Crippen LogP contribution in [-0.4, -0.2) is 24.3 Å². The van der Waals surface area contributed by atoms with Gasteiger partial charge in [-0.2, -0.15) is 17.6 Å². The summed E-state index contributed by atoms with van der Waals surface area (Å²) in [5, 5.41) is 0.100. The number of hydrogen-bond donors (Lipinski definition) is 0. The van der Waals surface area contributed by atoms with Gasteiger partial charge in [-0.05, 0) is 18.1 Å². The van der Waals surface area contributed by atoms with Gasteiger partial charge in [0.2, 0.25) is 11.8 Å². The molecule has 0 aliphatic carbocycles. The smallest absolute Gasteiger partial charge is 0.392 e. The van der Waals surface area contributed by atoms with Gasteiger partial charge in [0.15, 0.2) is 0 Å². The van der Waals surface area contributed by atoms with Crippen molar-refractivity contribution in [2.24, 2.45) is 5.92 Å². The van der Waals surface area contributed by atoms with Crippen LogP contribution in [0.2, 0.25) is 5.02 Å². The quantitative estimate of drug-likeness (QED) is 0.469. The third kappa shape index (κ3) is 3.79. The number of nitrogens with zero attached hydrogens (tertiary/aromatic N) is 1. The minimum absolute atomic E-state index is 0.100. The van der Waals surface area contributed by atoms with Crippen LogP contribution < -0.4 is 9.64 Å². The number of hydrogen-bond acceptors (Lipinski definition) is 3. The summed E-state index contributed by atoms with van der Waals surface area (Å²) >= 11 is 5.75. The van der Waals surface area contributed by atoms with Crippen molar-refractivity contribution >= 4 is 29.1 Å². The number of alkyl halides is 4. The normalized spacial score (nSPS) is 17.6. The van der Waals surface area contributed by atoms with Gasteiger partial charge in [-0.25, -0.2) is 4.90 Å². The molecule has 0 aromatic heterocycles. The Kier molecular flexibility index (Phi) is 5.04. The fourth-order valence-electron chi connectivity index (χ4n) is 2.23. The van der Waals surface area contributed by atoms with Crippen LogP contribution in [0.5, 0.6) is 5.75 Å². The van der Waals surface area contributed by atoms with Crippen molar-refractivity contribution in [3.63, 3.8) is 0 Å². The molecule has 0 N–H and O–H groups in total. The number of rotatable bonds is 3. The van der Waals surface area contributed by atoms with Crippen LogP contribution in [0.15, 0.2) is 18.2 Å². The molecule has 1 fully saturated rings. The number of ether oxygens (including phenoxy) is 1. The number of terminal acetylenes is 1. The summed E-state index contributed by atoms with van der Waals surface area (Å²) in [6.07, 6.45) is -3.79. The number of amides is 2. The fourth-order valence-corrected chi connectivity index (χ4v) is 2.39. The van der Waals surface area contributed by atoms with Crippen LogP contribution in [0.3, 0.4) is 0 Å². The van der Waals surface area contributed by atoms with Crippen LogP contribution in [0, 0.1) is 18.3 Å². The summed E-state index contributed by atoms with van der Waals surface area (Å²) < 4.78 is 56.2. The SMILES string of the molecule is C#CC(F)Oc1cc(Cl)ccc1N1C(=O)CC(C(F)(F)F)CC1=O. The molecular formula is C15H10ClF4NO3. The van der Waals surface area contributed by atoms with Gasteiger partial charge in [-0.15, -0.1) is 6.42 Å². The molecule has 2 rings (SSSR count). The number of anilines is 1. The molecular weight excluding hydrogens is 354 g/mol. The van der Waals surface area contributed by atoms with Crippen molar-refractivity contribution in [2.75, 3.05) is 4.90 Å². The molecule has 1 aromatic carbocycles. The molecule has 1 aliphatic rings. The Hall–Kier alpha value is -2.27. The van der Waals surface area contributed by atoms with E-state index in [0.717, 1.165) is 6.07 Å². The zero-order valence-corrected chi connectivity index (χ0v) is 12.7. The fraction of sp³-hybridized carbons (Fsp3) is 0.333. The standard InChI is InChI=1S/C15H10ClF4NO3/c1-2-12(17)24-11-7-9(16)3-4-10(11)21-13(22)5-8(6-14(21)23)15(18,19)20/h1,3-4,7-8,12H,5-6H2. The van der Waals surface area contributed by atoms with E-state index in [1.807, 2.05) is 0 Å². The monoisotopic (exact) mass is 363 g/mol. The van der Waals surface area contributed by atoms with Gasteiger partial charge in [0.1, 0.15) is 5.75 Å². The Balaban J connectivity index is 2.37. The molecule has 1 atom stereocenters. The molecule has 0 bridgehead atoms. The van der Waals surface area contributed by atoms with E-state index in [2.05, 4.69) is 0 Å². The van der Waals surface area contributed by atoms with Crippen molar-refractivity contribution < 1.29 is 31.9 Å². The number of carbonyl (C=O) groups is 2. The summed E-state index contributed by atoms with van der Waals surface area (Å²) in [4.78, 5) is 24.6. The summed E-state index contributed by atoms with van der Waals surface area (Å²) in [5.74, 6) is -2.87. The average molecular weight is 364 g/mol. The van der Waals surface area contributed by atoms with Crippen LogP contribution in [0.1, 0.15) is 12.8 Å². The first-order valence-corrected chi connectivity index (χ1v) is 7.00. The molecule has 1 unspecified atom stereocenters. The predicted octanol–water partition coefficient (Wildman–Crippen LogP) is 3.48. The minimum atomic E-state index is -4.66. The first-order chi connectivity index (χ1) is 11.1. The van der Waals surface area contributed by atoms with Crippen LogP contribution in [0.4, 0.5) is 23.2 Å². The zero-order valence-electron chi connectivity index (χ0n) is 11.9. The van der Waals surface area contributed by atoms with Crippen molar-refractivity contribution in [3.8, 4) is 18.1 Å². The zero-order chi connectivity index (χ0) is 18.1. The second kappa shape index (κ2) is 6.69.